The molecule has 3 rings (SSSR count). The molecule has 1 aromatic carbocycles. The Morgan fingerprint density at radius 1 is 1.40 bits per heavy atom. The number of hydrogen-bond acceptors (Lipinski definition) is 4. The number of benzene rings is 1. The Kier molecular flexibility index (Phi) is 3.10. The zero-order valence-corrected chi connectivity index (χ0v) is 11.3. The van der Waals surface area contributed by atoms with Crippen LogP contribution in [0.4, 0.5) is 11.4 Å². The molecular weight excluding hydrogens is 258 g/mol. The van der Waals surface area contributed by atoms with Gasteiger partial charge >= 0.3 is 0 Å². The van der Waals surface area contributed by atoms with Crippen molar-refractivity contribution in [1.82, 2.24) is 4.90 Å². The molecule has 106 valence electrons. The first-order chi connectivity index (χ1) is 9.63. The third-order valence-electron chi connectivity index (χ3n) is 3.87. The van der Waals surface area contributed by atoms with Crippen LogP contribution in [0.3, 0.4) is 0 Å². The number of fused-ring (bicyclic) bond motifs is 2. The van der Waals surface area contributed by atoms with Gasteiger partial charge in [0.25, 0.3) is 11.8 Å². The molecule has 0 saturated carbocycles. The Hall–Kier alpha value is -2.08. The number of rotatable bonds is 2. The zero-order chi connectivity index (χ0) is 14.3. The predicted molar refractivity (Wildman–Crippen MR) is 74.3 cm³/mol. The van der Waals surface area contributed by atoms with E-state index in [2.05, 4.69) is 0 Å². The summed E-state index contributed by atoms with van der Waals surface area (Å²) in [5.41, 5.74) is 7.36. The van der Waals surface area contributed by atoms with Crippen LogP contribution in [-0.2, 0) is 9.53 Å². The van der Waals surface area contributed by atoms with Gasteiger partial charge in [-0.25, -0.2) is 0 Å². The van der Waals surface area contributed by atoms with Gasteiger partial charge in [-0.15, -0.1) is 0 Å². The maximum atomic E-state index is 12.6. The van der Waals surface area contributed by atoms with Crippen molar-refractivity contribution >= 4 is 23.2 Å². The molecule has 2 N–H and O–H groups in total. The van der Waals surface area contributed by atoms with Crippen molar-refractivity contribution < 1.29 is 14.3 Å². The average molecular weight is 275 g/mol. The lowest BCUT2D eigenvalue weighted by Gasteiger charge is -2.25. The van der Waals surface area contributed by atoms with Crippen molar-refractivity contribution in [3.05, 3.63) is 23.8 Å². The highest BCUT2D eigenvalue weighted by Crippen LogP contribution is 2.33. The van der Waals surface area contributed by atoms with Gasteiger partial charge in [0.05, 0.1) is 11.3 Å². The van der Waals surface area contributed by atoms with E-state index in [0.717, 1.165) is 6.42 Å². The first-order valence-corrected chi connectivity index (χ1v) is 6.64. The first kappa shape index (κ1) is 12.9. The van der Waals surface area contributed by atoms with E-state index in [4.69, 9.17) is 10.5 Å². The third kappa shape index (κ3) is 1.84. The number of carbonyl (C=O) groups excluding carboxylic acids is 2. The number of nitrogens with zero attached hydrogens (tertiary/aromatic N) is 2. The molecule has 2 aliphatic rings. The number of methoxy groups -OCH3 is 1. The molecule has 20 heavy (non-hydrogen) atoms. The van der Waals surface area contributed by atoms with Gasteiger partial charge < -0.3 is 15.4 Å². The number of nitrogen functional groups attached to an aromatic ring is 1. The SMILES string of the molecule is COCN1C(=O)[C@@H]2CCCN2C(=O)c2ccc(N)cc21. The summed E-state index contributed by atoms with van der Waals surface area (Å²) in [5.74, 6) is -0.198. The fourth-order valence-corrected chi connectivity index (χ4v) is 2.93. The number of amides is 2. The second kappa shape index (κ2) is 4.79. The van der Waals surface area contributed by atoms with Gasteiger partial charge in [0, 0.05) is 19.3 Å². The second-order valence-electron chi connectivity index (χ2n) is 5.12. The van der Waals surface area contributed by atoms with Gasteiger partial charge in [-0.2, -0.15) is 0 Å². The molecule has 1 saturated heterocycles. The van der Waals surface area contributed by atoms with Crippen LogP contribution in [-0.4, -0.2) is 43.1 Å². The van der Waals surface area contributed by atoms with E-state index < -0.39 is 0 Å². The number of ether oxygens (including phenoxy) is 1. The lowest BCUT2D eigenvalue weighted by Crippen LogP contribution is -2.45. The smallest absolute Gasteiger partial charge is 0.256 e. The minimum absolute atomic E-state index is 0.0953. The van der Waals surface area contributed by atoms with Gasteiger partial charge in [0.1, 0.15) is 12.8 Å². The molecular formula is C14H17N3O3. The average Bonchev–Trinajstić information content (AvgIpc) is 2.90. The van der Waals surface area contributed by atoms with Gasteiger partial charge in [-0.1, -0.05) is 0 Å². The highest BCUT2D eigenvalue weighted by Gasteiger charge is 2.41. The van der Waals surface area contributed by atoms with E-state index in [1.165, 1.54) is 12.0 Å². The lowest BCUT2D eigenvalue weighted by atomic mass is 10.1. The Morgan fingerprint density at radius 3 is 2.95 bits per heavy atom. The summed E-state index contributed by atoms with van der Waals surface area (Å²) >= 11 is 0. The molecule has 0 radical (unpaired) electrons. The van der Waals surface area contributed by atoms with Gasteiger partial charge in [-0.05, 0) is 31.0 Å². The van der Waals surface area contributed by atoms with Crippen LogP contribution in [0.5, 0.6) is 0 Å². The molecule has 2 heterocycles. The normalized spacial score (nSPS) is 21.8. The molecule has 0 spiro atoms. The molecule has 6 heteroatoms. The summed E-state index contributed by atoms with van der Waals surface area (Å²) in [6.45, 7) is 0.743. The van der Waals surface area contributed by atoms with Gasteiger partial charge in [0.2, 0.25) is 0 Å². The Morgan fingerprint density at radius 2 is 2.20 bits per heavy atom. The van der Waals surface area contributed by atoms with E-state index in [1.54, 1.807) is 23.1 Å². The Bertz CT molecular complexity index is 573. The Balaban J connectivity index is 2.15. The molecule has 2 amide bonds. The zero-order valence-electron chi connectivity index (χ0n) is 11.3. The maximum Gasteiger partial charge on any atom is 0.256 e. The third-order valence-corrected chi connectivity index (χ3v) is 3.87. The van der Waals surface area contributed by atoms with Crippen LogP contribution in [0.1, 0.15) is 23.2 Å². The second-order valence-corrected chi connectivity index (χ2v) is 5.12. The molecule has 1 fully saturated rings. The molecule has 1 atom stereocenters. The van der Waals surface area contributed by atoms with Crippen LogP contribution >= 0.6 is 0 Å². The van der Waals surface area contributed by atoms with Crippen molar-refractivity contribution in [2.24, 2.45) is 0 Å². The van der Waals surface area contributed by atoms with Gasteiger partial charge in [0.15, 0.2) is 0 Å². The monoisotopic (exact) mass is 275 g/mol. The van der Waals surface area contributed by atoms with Crippen molar-refractivity contribution in [3.8, 4) is 0 Å². The fourth-order valence-electron chi connectivity index (χ4n) is 2.93. The van der Waals surface area contributed by atoms with Crippen LogP contribution in [0, 0.1) is 0 Å². The molecule has 0 bridgehead atoms. The molecule has 0 aromatic heterocycles. The fraction of sp³-hybridized carbons (Fsp3) is 0.429. The summed E-state index contributed by atoms with van der Waals surface area (Å²) in [5, 5.41) is 0. The van der Waals surface area contributed by atoms with E-state index in [0.29, 0.717) is 29.9 Å². The summed E-state index contributed by atoms with van der Waals surface area (Å²) < 4.78 is 5.12. The van der Waals surface area contributed by atoms with E-state index in [9.17, 15) is 9.59 Å². The van der Waals surface area contributed by atoms with Crippen molar-refractivity contribution in [3.63, 3.8) is 0 Å². The molecule has 0 aliphatic carbocycles. The van der Waals surface area contributed by atoms with Crippen LogP contribution in [0.15, 0.2) is 18.2 Å². The van der Waals surface area contributed by atoms with Gasteiger partial charge in [-0.3, -0.25) is 14.5 Å². The predicted octanol–water partition coefficient (Wildman–Crippen LogP) is 0.824. The van der Waals surface area contributed by atoms with Crippen LogP contribution in [0.25, 0.3) is 0 Å². The van der Waals surface area contributed by atoms with E-state index in [1.807, 2.05) is 0 Å². The summed E-state index contributed by atoms with van der Waals surface area (Å²) in [6.07, 6.45) is 1.56. The highest BCUT2D eigenvalue weighted by molar-refractivity contribution is 6.11. The maximum absolute atomic E-state index is 12.6. The van der Waals surface area contributed by atoms with E-state index in [-0.39, 0.29) is 24.6 Å². The lowest BCUT2D eigenvalue weighted by molar-refractivity contribution is -0.123. The van der Waals surface area contributed by atoms with Crippen molar-refractivity contribution in [2.45, 2.75) is 18.9 Å². The molecule has 0 unspecified atom stereocenters. The number of carbonyl (C=O) groups is 2. The topological polar surface area (TPSA) is 75.9 Å². The number of anilines is 2. The van der Waals surface area contributed by atoms with Crippen LogP contribution in [0.2, 0.25) is 0 Å². The molecule has 6 nitrogen and oxygen atoms in total. The highest BCUT2D eigenvalue weighted by atomic mass is 16.5. The summed E-state index contributed by atoms with van der Waals surface area (Å²) in [7, 11) is 1.53. The van der Waals surface area contributed by atoms with E-state index >= 15 is 0 Å². The molecule has 2 aliphatic heterocycles. The largest absolute Gasteiger partial charge is 0.399 e. The summed E-state index contributed by atoms with van der Waals surface area (Å²) in [4.78, 5) is 28.4. The summed E-state index contributed by atoms with van der Waals surface area (Å²) in [6, 6.07) is 4.64. The number of nitrogens with two attached hydrogens (primary N) is 1. The quantitative estimate of drug-likeness (QED) is 0.811. The minimum Gasteiger partial charge on any atom is -0.399 e. The number of hydrogen-bond donors (Lipinski definition) is 1. The minimum atomic E-state index is -0.383. The Labute approximate surface area is 117 Å². The standard InChI is InChI=1S/C14H17N3O3/c1-20-8-17-12-7-9(15)4-5-10(12)13(18)16-6-2-3-11(16)14(17)19/h4-5,7,11H,2-3,6,8,15H2,1H3/t11-/m0/s1. The van der Waals surface area contributed by atoms with Crippen LogP contribution < -0.4 is 10.6 Å². The first-order valence-electron chi connectivity index (χ1n) is 6.64. The van der Waals surface area contributed by atoms with Crippen molar-refractivity contribution in [1.29, 1.82) is 0 Å². The van der Waals surface area contributed by atoms with Crippen molar-refractivity contribution in [2.75, 3.05) is 31.0 Å². The molecule has 1 aromatic rings.